The van der Waals surface area contributed by atoms with Gasteiger partial charge < -0.3 is 0 Å². The Morgan fingerprint density at radius 2 is 0.893 bits per heavy atom. The molecule has 0 amide bonds. The summed E-state index contributed by atoms with van der Waals surface area (Å²) in [5.41, 5.74) is 0. The third-order valence-electron chi connectivity index (χ3n) is 3.73. The lowest BCUT2D eigenvalue weighted by molar-refractivity contribution is -0.469. The van der Waals surface area contributed by atoms with Crippen LogP contribution in [0.5, 0.6) is 0 Å². The molecule has 1 rings (SSSR count). The first-order valence-electron chi connectivity index (χ1n) is 5.80. The Bertz CT molecular complexity index is 777. The maximum absolute atomic E-state index is 13.8. The Morgan fingerprint density at radius 1 is 0.643 bits per heavy atom. The van der Waals surface area contributed by atoms with E-state index in [0.29, 0.717) is 0 Å². The minimum atomic E-state index is -8.58. The summed E-state index contributed by atoms with van der Waals surface area (Å²) < 4.78 is 220. The van der Waals surface area contributed by atoms with E-state index in [0.717, 1.165) is 0 Å². The molecule has 0 heterocycles. The highest BCUT2D eigenvalue weighted by molar-refractivity contribution is 7.87. The lowest BCUT2D eigenvalue weighted by Gasteiger charge is -2.55. The lowest BCUT2D eigenvalue weighted by Crippen LogP contribution is -2.90. The van der Waals surface area contributed by atoms with Gasteiger partial charge in [0.15, 0.2) is 0 Å². The molecule has 1 aliphatic carbocycles. The van der Waals surface area contributed by atoms with Crippen LogP contribution in [0.1, 0.15) is 0 Å². The summed E-state index contributed by atoms with van der Waals surface area (Å²) in [5.74, 6) is -54.1. The second-order valence-corrected chi connectivity index (χ2v) is 6.74. The number of allylic oxidation sites excluding steroid dienone is 1. The van der Waals surface area contributed by atoms with E-state index in [1.807, 2.05) is 0 Å². The Labute approximate surface area is 142 Å². The molecule has 1 aliphatic rings. The van der Waals surface area contributed by atoms with Gasteiger partial charge in [-0.3, -0.25) is 4.55 Å². The van der Waals surface area contributed by atoms with E-state index in [4.69, 9.17) is 4.55 Å². The van der Waals surface area contributed by atoms with Crippen LogP contribution in [0.15, 0.2) is 11.9 Å². The van der Waals surface area contributed by atoms with Gasteiger partial charge in [-0.1, -0.05) is 0 Å². The highest BCUT2D eigenvalue weighted by Gasteiger charge is 3.07. The van der Waals surface area contributed by atoms with Gasteiger partial charge in [0.25, 0.3) is 10.1 Å². The third kappa shape index (κ3) is 2.11. The molecule has 0 unspecified atom stereocenters. The molecule has 3 nitrogen and oxygen atoms in total. The Kier molecular flexibility index (Phi) is 4.93. The fourth-order valence-corrected chi connectivity index (χ4v) is 3.70. The number of hydrogen-bond donors (Lipinski definition) is 1. The number of rotatable bonds is 3. The van der Waals surface area contributed by atoms with Gasteiger partial charge in [0.2, 0.25) is 5.83 Å². The molecule has 0 aliphatic heterocycles. The molecule has 166 valence electrons. The van der Waals surface area contributed by atoms with Crippen LogP contribution in [0, 0.1) is 0 Å². The fourth-order valence-electron chi connectivity index (χ4n) is 2.38. The third-order valence-corrected chi connectivity index (χ3v) is 5.28. The molecular weight excluding hydrogens is 473 g/mol. The van der Waals surface area contributed by atoms with E-state index >= 15 is 0 Å². The van der Waals surface area contributed by atoms with E-state index < -0.39 is 62.3 Å². The quantitative estimate of drug-likeness (QED) is 0.484. The maximum Gasteiger partial charge on any atom is 0.384 e. The minimum absolute atomic E-state index is 4.66. The van der Waals surface area contributed by atoms with Crippen molar-refractivity contribution in [3.05, 3.63) is 11.9 Å². The van der Waals surface area contributed by atoms with Crippen LogP contribution in [0.25, 0.3) is 0 Å². The molecule has 0 aromatic carbocycles. The second-order valence-electron chi connectivity index (χ2n) is 5.18. The molecule has 1 N–H and O–H groups in total. The van der Waals surface area contributed by atoms with Gasteiger partial charge in [-0.25, -0.2) is 0 Å². The van der Waals surface area contributed by atoms with Crippen molar-refractivity contribution in [2.24, 2.45) is 0 Å². The van der Waals surface area contributed by atoms with Gasteiger partial charge in [0.05, 0.1) is 0 Å². The molecular formula is C9HF15O3S. The Morgan fingerprint density at radius 3 is 1.11 bits per heavy atom. The summed E-state index contributed by atoms with van der Waals surface area (Å²) in [6.07, 6.45) is -4.66. The first-order valence-corrected chi connectivity index (χ1v) is 7.24. The average Bonchev–Trinajstić information content (AvgIpc) is 2.42. The van der Waals surface area contributed by atoms with E-state index in [1.165, 1.54) is 0 Å². The van der Waals surface area contributed by atoms with Crippen molar-refractivity contribution in [1.82, 2.24) is 0 Å². The first kappa shape index (κ1) is 24.6. The van der Waals surface area contributed by atoms with Crippen LogP contribution in [-0.2, 0) is 10.1 Å². The van der Waals surface area contributed by atoms with E-state index in [1.54, 1.807) is 0 Å². The SMILES string of the molecule is O=S(=O)(O)C1(C(F)(F)C(F)=C(F)F)C(F)(F)C(F)(F)C(F)(F)C(F)(F)C1(F)F. The standard InChI is InChI=1S/C9HF15O3S/c10-1(2(11)12)3(13,14)4(28(25,26)27)5(15,16)7(19,20)9(23,24)8(21,22)6(4,17)18/h(H,25,26,27). The van der Waals surface area contributed by atoms with Crippen molar-refractivity contribution >= 4 is 10.1 Å². The molecule has 1 saturated carbocycles. The average molecular weight is 474 g/mol. The smallest absolute Gasteiger partial charge is 0.285 e. The molecule has 1 fully saturated rings. The van der Waals surface area contributed by atoms with E-state index in [-0.39, 0.29) is 0 Å². The summed E-state index contributed by atoms with van der Waals surface area (Å²) in [5, 5.41) is 0. The van der Waals surface area contributed by atoms with Gasteiger partial charge in [0.1, 0.15) is 0 Å². The second kappa shape index (κ2) is 5.60. The van der Waals surface area contributed by atoms with Crippen LogP contribution in [0.4, 0.5) is 65.9 Å². The minimum Gasteiger partial charge on any atom is -0.285 e. The molecule has 0 aromatic heterocycles. The molecule has 28 heavy (non-hydrogen) atoms. The highest BCUT2D eigenvalue weighted by Crippen LogP contribution is 2.73. The summed E-state index contributed by atoms with van der Waals surface area (Å²) in [7, 11) is -8.58. The number of hydrogen-bond acceptors (Lipinski definition) is 2. The van der Waals surface area contributed by atoms with Crippen molar-refractivity contribution in [3.8, 4) is 0 Å². The highest BCUT2D eigenvalue weighted by atomic mass is 32.2. The molecule has 0 atom stereocenters. The summed E-state index contributed by atoms with van der Waals surface area (Å²) in [4.78, 5) is 0. The monoisotopic (exact) mass is 474 g/mol. The van der Waals surface area contributed by atoms with Crippen LogP contribution in [0.3, 0.4) is 0 Å². The zero-order valence-corrected chi connectivity index (χ0v) is 12.7. The van der Waals surface area contributed by atoms with Gasteiger partial charge in [0, 0.05) is 0 Å². The summed E-state index contributed by atoms with van der Waals surface area (Å²) >= 11 is 0. The Hall–Kier alpha value is -1.40. The molecule has 0 radical (unpaired) electrons. The summed E-state index contributed by atoms with van der Waals surface area (Å²) in [6.45, 7) is 0. The van der Waals surface area contributed by atoms with Crippen LogP contribution in [0.2, 0.25) is 0 Å². The summed E-state index contributed by atoms with van der Waals surface area (Å²) in [6, 6.07) is 0. The van der Waals surface area contributed by atoms with Crippen LogP contribution in [-0.4, -0.2) is 53.3 Å². The zero-order valence-electron chi connectivity index (χ0n) is 11.8. The van der Waals surface area contributed by atoms with Gasteiger partial charge in [-0.2, -0.15) is 74.3 Å². The van der Waals surface area contributed by atoms with Crippen LogP contribution >= 0.6 is 0 Å². The normalized spacial score (nSPS) is 27.1. The van der Waals surface area contributed by atoms with Crippen molar-refractivity contribution in [2.75, 3.05) is 0 Å². The zero-order chi connectivity index (χ0) is 23.2. The van der Waals surface area contributed by atoms with E-state index in [9.17, 15) is 74.3 Å². The molecule has 0 saturated heterocycles. The van der Waals surface area contributed by atoms with E-state index in [2.05, 4.69) is 0 Å². The van der Waals surface area contributed by atoms with Crippen molar-refractivity contribution in [2.45, 2.75) is 40.3 Å². The van der Waals surface area contributed by atoms with Gasteiger partial charge >= 0.3 is 46.4 Å². The van der Waals surface area contributed by atoms with Crippen molar-refractivity contribution in [1.29, 1.82) is 0 Å². The largest absolute Gasteiger partial charge is 0.384 e. The van der Waals surface area contributed by atoms with Crippen molar-refractivity contribution < 1.29 is 78.8 Å². The van der Waals surface area contributed by atoms with Gasteiger partial charge in [-0.15, -0.1) is 0 Å². The first-order chi connectivity index (χ1) is 11.9. The fraction of sp³-hybridized carbons (Fsp3) is 0.778. The molecule has 19 heteroatoms. The molecule has 0 bridgehead atoms. The van der Waals surface area contributed by atoms with Gasteiger partial charge in [-0.05, 0) is 0 Å². The molecule has 0 aromatic rings. The van der Waals surface area contributed by atoms with Crippen molar-refractivity contribution in [3.63, 3.8) is 0 Å². The maximum atomic E-state index is 13.8. The lowest BCUT2D eigenvalue weighted by atomic mass is 9.70. The topological polar surface area (TPSA) is 54.4 Å². The number of alkyl halides is 12. The predicted octanol–water partition coefficient (Wildman–Crippen LogP) is 4.52. The van der Waals surface area contributed by atoms with Crippen LogP contribution < -0.4 is 0 Å². The number of halogens is 15. The predicted molar refractivity (Wildman–Crippen MR) is 54.3 cm³/mol. The molecule has 0 spiro atoms. The Balaban J connectivity index is 4.49.